The summed E-state index contributed by atoms with van der Waals surface area (Å²) in [6.45, 7) is 20.7. The minimum absolute atomic E-state index is 0. The number of para-hydroxylation sites is 2. The molecule has 2 heterocycles. The topological polar surface area (TPSA) is 91.0 Å². The summed E-state index contributed by atoms with van der Waals surface area (Å²) in [6.07, 6.45) is 35.2. The molecule has 0 saturated carbocycles. The Bertz CT molecular complexity index is 2140. The fourth-order valence-corrected chi connectivity index (χ4v) is 7.49. The summed E-state index contributed by atoms with van der Waals surface area (Å²) in [5.74, 6) is 1.49. The number of rotatable bonds is 8. The first kappa shape index (κ1) is 66.7. The van der Waals surface area contributed by atoms with Crippen molar-refractivity contribution in [3.63, 3.8) is 0 Å². The first-order valence-corrected chi connectivity index (χ1v) is 23.2. The SMILES string of the molecule is C1=C\CC/C=C\CC/1.C1=C\CC/C=C\CC/1.CC#N.CC#N.CC(C)c1cccc(C(C)C)c1-[n+]1[c-]c(-c2cccc(-c3[c-][n+](-c4c(C(C)C)cccc4C(C)C)nn3C)c2)n(C)n1.[I-].[I-].[Rh].[Rh]. The molecular weight excluding hydrogens is 1240 g/mol. The molecule has 7 rings (SSSR count). The largest absolute Gasteiger partial charge is 1.00 e. The van der Waals surface area contributed by atoms with Gasteiger partial charge in [-0.15, -0.1) is 12.1 Å². The smallest absolute Gasteiger partial charge is 0.101 e. The Morgan fingerprint density at radius 2 is 0.691 bits per heavy atom. The molecule has 0 saturated heterocycles. The zero-order valence-electron chi connectivity index (χ0n) is 42.4. The van der Waals surface area contributed by atoms with Gasteiger partial charge in [-0.25, -0.2) is 9.36 Å². The van der Waals surface area contributed by atoms with Crippen molar-refractivity contribution in [1.82, 2.24) is 19.8 Å². The van der Waals surface area contributed by atoms with Crippen LogP contribution in [-0.4, -0.2) is 19.8 Å². The third-order valence-electron chi connectivity index (χ3n) is 10.7. The van der Waals surface area contributed by atoms with E-state index in [4.69, 9.17) is 21.0 Å². The number of halogens is 2. The van der Waals surface area contributed by atoms with Gasteiger partial charge in [0, 0.05) is 52.8 Å². The molecule has 0 fully saturated rings. The maximum atomic E-state index is 7.32. The van der Waals surface area contributed by atoms with E-state index in [1.165, 1.54) is 87.5 Å². The third kappa shape index (κ3) is 20.9. The van der Waals surface area contributed by atoms with Crippen molar-refractivity contribution in [3.05, 3.63) is 144 Å². The zero-order chi connectivity index (χ0) is 47.0. The Morgan fingerprint density at radius 3 is 0.912 bits per heavy atom. The van der Waals surface area contributed by atoms with Gasteiger partial charge in [0.05, 0.1) is 57.7 Å². The van der Waals surface area contributed by atoms with Crippen molar-refractivity contribution in [2.75, 3.05) is 0 Å². The van der Waals surface area contributed by atoms with Crippen molar-refractivity contribution in [3.8, 4) is 46.0 Å². The van der Waals surface area contributed by atoms with Gasteiger partial charge in [0.15, 0.2) is 0 Å². The number of aromatic nitrogens is 6. The summed E-state index contributed by atoms with van der Waals surface area (Å²) in [5.41, 5.74) is 11.3. The van der Waals surface area contributed by atoms with E-state index in [0.717, 1.165) is 33.9 Å². The molecule has 68 heavy (non-hydrogen) atoms. The monoisotopic (exact) mass is 1320 g/mol. The van der Waals surface area contributed by atoms with Crippen molar-refractivity contribution >= 4 is 0 Å². The summed E-state index contributed by atoms with van der Waals surface area (Å²) < 4.78 is 7.71. The number of nitrogens with zero attached hydrogens (tertiary/aromatic N) is 8. The van der Waals surface area contributed by atoms with Crippen LogP contribution in [0.15, 0.2) is 109 Å². The van der Waals surface area contributed by atoms with E-state index in [9.17, 15) is 0 Å². The summed E-state index contributed by atoms with van der Waals surface area (Å²) in [5, 5.41) is 24.5. The van der Waals surface area contributed by atoms with Gasteiger partial charge >= 0.3 is 0 Å². The molecule has 3 aromatic carbocycles. The van der Waals surface area contributed by atoms with Crippen LogP contribution in [0.4, 0.5) is 0 Å². The molecule has 0 N–H and O–H groups in total. The molecule has 0 spiro atoms. The average Bonchev–Trinajstić information content (AvgIpc) is 3.82. The second kappa shape index (κ2) is 36.5. The molecular formula is C56H74I2N8Rh2-2. The van der Waals surface area contributed by atoms with Crippen LogP contribution in [0.25, 0.3) is 33.9 Å². The Kier molecular flexibility index (Phi) is 35.8. The van der Waals surface area contributed by atoms with Gasteiger partial charge in [0.25, 0.3) is 0 Å². The maximum absolute atomic E-state index is 7.32. The fraction of sp³-hybridized carbons (Fsp3) is 0.429. The van der Waals surface area contributed by atoms with Gasteiger partial charge in [-0.2, -0.15) is 26.0 Å². The summed E-state index contributed by atoms with van der Waals surface area (Å²) >= 11 is 0. The molecule has 2 aliphatic rings. The molecule has 2 radical (unpaired) electrons. The Morgan fingerprint density at radius 1 is 0.471 bits per heavy atom. The van der Waals surface area contributed by atoms with Crippen LogP contribution in [0.5, 0.6) is 0 Å². The van der Waals surface area contributed by atoms with E-state index in [1.807, 2.05) is 32.8 Å². The first-order valence-electron chi connectivity index (χ1n) is 23.2. The van der Waals surface area contributed by atoms with E-state index in [-0.39, 0.29) is 86.9 Å². The Balaban J connectivity index is 0. The normalized spacial score (nSPS) is 14.2. The summed E-state index contributed by atoms with van der Waals surface area (Å²) in [7, 11) is 3.98. The van der Waals surface area contributed by atoms with Crippen LogP contribution in [0.3, 0.4) is 0 Å². The number of hydrogen-bond donors (Lipinski definition) is 0. The molecule has 372 valence electrons. The number of allylic oxidation sites excluding steroid dienone is 8. The van der Waals surface area contributed by atoms with Crippen LogP contribution in [-0.2, 0) is 53.1 Å². The standard InChI is InChI=1S/C36H44N6.2C8H12.2C2H3N.2HI.2Rh/c1-23(2)29-16-12-17-30(24(3)4)35(29)41-21-33(39(9)37-41)27-14-11-15-28(20-27)34-22-42(38-40(34)10)36-31(25(5)6)18-13-19-32(36)26(7)8;2*1-2-4-6-8-7-5-3-1;2*1-2-3;;;;/h11-20,23-26H,1-10H3;2*1-2,7-8H,3-6H2;2*1H3;2*1H;;/p-2/b;2*2-1-,8-7-;;;;;;. The van der Waals surface area contributed by atoms with E-state index < -0.39 is 0 Å². The number of aryl methyl sites for hydroxylation is 2. The Labute approximate surface area is 470 Å². The average molecular weight is 1320 g/mol. The molecule has 0 amide bonds. The minimum Gasteiger partial charge on any atom is -1.00 e. The summed E-state index contributed by atoms with van der Waals surface area (Å²) in [6, 6.07) is 25.1. The first-order chi connectivity index (χ1) is 30.8. The van der Waals surface area contributed by atoms with E-state index in [0.29, 0.717) is 23.7 Å². The van der Waals surface area contributed by atoms with Crippen molar-refractivity contribution in [2.45, 2.75) is 144 Å². The molecule has 5 aromatic rings. The van der Waals surface area contributed by atoms with Gasteiger partial charge in [-0.3, -0.25) is 0 Å². The van der Waals surface area contributed by atoms with Gasteiger partial charge in [-0.05, 0) is 75.0 Å². The molecule has 8 nitrogen and oxygen atoms in total. The summed E-state index contributed by atoms with van der Waals surface area (Å²) in [4.78, 5) is 0. The number of hydrogen-bond acceptors (Lipinski definition) is 4. The van der Waals surface area contributed by atoms with Gasteiger partial charge < -0.3 is 48.0 Å². The van der Waals surface area contributed by atoms with Crippen molar-refractivity contribution in [2.24, 2.45) is 14.1 Å². The Hall–Kier alpha value is -3.41. The quantitative estimate of drug-likeness (QED) is 0.0529. The molecule has 2 aliphatic carbocycles. The van der Waals surface area contributed by atoms with Crippen molar-refractivity contribution < 1.29 is 96.3 Å². The zero-order valence-corrected chi connectivity index (χ0v) is 50.0. The molecule has 0 unspecified atom stereocenters. The van der Waals surface area contributed by atoms with Crippen LogP contribution >= 0.6 is 0 Å². The van der Waals surface area contributed by atoms with E-state index >= 15 is 0 Å². The third-order valence-corrected chi connectivity index (χ3v) is 10.7. The van der Waals surface area contributed by atoms with Crippen LogP contribution in [0, 0.1) is 35.1 Å². The van der Waals surface area contributed by atoms with Gasteiger partial charge in [-0.1, -0.05) is 180 Å². The van der Waals surface area contributed by atoms with Crippen LogP contribution in [0.1, 0.15) is 167 Å². The second-order valence-electron chi connectivity index (χ2n) is 17.2. The molecule has 12 heteroatoms. The van der Waals surface area contributed by atoms with Gasteiger partial charge in [0.2, 0.25) is 0 Å². The van der Waals surface area contributed by atoms with Crippen molar-refractivity contribution in [1.29, 1.82) is 10.5 Å². The predicted molar refractivity (Wildman–Crippen MR) is 264 cm³/mol. The van der Waals surface area contributed by atoms with E-state index in [2.05, 4.69) is 177 Å². The van der Waals surface area contributed by atoms with Crippen LogP contribution < -0.4 is 57.3 Å². The number of nitriles is 2. The molecule has 0 bridgehead atoms. The fourth-order valence-electron chi connectivity index (χ4n) is 7.49. The van der Waals surface area contributed by atoms with E-state index in [1.54, 1.807) is 12.1 Å². The van der Waals surface area contributed by atoms with Gasteiger partial charge in [0.1, 0.15) is 14.1 Å². The predicted octanol–water partition coefficient (Wildman–Crippen LogP) is 7.54. The van der Waals surface area contributed by atoms with Crippen LogP contribution in [0.2, 0.25) is 0 Å². The maximum Gasteiger partial charge on any atom is 0.101 e. The molecule has 0 atom stereocenters. The number of benzene rings is 3. The molecule has 2 aromatic heterocycles. The second-order valence-corrected chi connectivity index (χ2v) is 17.2. The molecule has 0 aliphatic heterocycles. The minimum atomic E-state index is 0.